The number of aromatic nitrogens is 3. The number of hydrogen-bond donors (Lipinski definition) is 1. The van der Waals surface area contributed by atoms with Gasteiger partial charge in [0.1, 0.15) is 29.6 Å². The maximum absolute atomic E-state index is 13.9. The van der Waals surface area contributed by atoms with E-state index >= 15 is 0 Å². The van der Waals surface area contributed by atoms with Gasteiger partial charge >= 0.3 is 0 Å². The minimum Gasteiger partial charge on any atom is -0.497 e. The zero-order valence-electron chi connectivity index (χ0n) is 22.3. The summed E-state index contributed by atoms with van der Waals surface area (Å²) in [6.07, 6.45) is 0. The third-order valence-corrected chi connectivity index (χ3v) is 6.40. The predicted octanol–water partition coefficient (Wildman–Crippen LogP) is 4.45. The van der Waals surface area contributed by atoms with Crippen molar-refractivity contribution < 1.29 is 19.1 Å². The molecule has 2 amide bonds. The van der Waals surface area contributed by atoms with Crippen molar-refractivity contribution in [3.05, 3.63) is 77.9 Å². The molecule has 0 aliphatic rings. The van der Waals surface area contributed by atoms with Crippen LogP contribution in [0.5, 0.6) is 11.5 Å². The van der Waals surface area contributed by atoms with Gasteiger partial charge in [-0.2, -0.15) is 0 Å². The fraction of sp³-hybridized carbons (Fsp3) is 0.310. The molecule has 9 nitrogen and oxygen atoms in total. The van der Waals surface area contributed by atoms with Gasteiger partial charge in [-0.25, -0.2) is 4.68 Å². The molecular formula is C29H33N5O4. The molecule has 0 unspecified atom stereocenters. The minimum absolute atomic E-state index is 0.0469. The summed E-state index contributed by atoms with van der Waals surface area (Å²) in [5.74, 6) is 0.340. The van der Waals surface area contributed by atoms with E-state index in [0.29, 0.717) is 22.7 Å². The molecule has 198 valence electrons. The zero-order valence-corrected chi connectivity index (χ0v) is 22.3. The van der Waals surface area contributed by atoms with Crippen molar-refractivity contribution in [2.24, 2.45) is 5.92 Å². The van der Waals surface area contributed by atoms with E-state index in [9.17, 15) is 9.59 Å². The third kappa shape index (κ3) is 5.94. The number of fused-ring (bicyclic) bond motifs is 1. The van der Waals surface area contributed by atoms with Crippen LogP contribution in [0, 0.1) is 12.8 Å². The summed E-state index contributed by atoms with van der Waals surface area (Å²) in [6, 6.07) is 19.8. The second-order valence-electron chi connectivity index (χ2n) is 9.49. The van der Waals surface area contributed by atoms with Crippen LogP contribution in [0.2, 0.25) is 0 Å². The van der Waals surface area contributed by atoms with E-state index in [1.165, 1.54) is 7.11 Å². The highest BCUT2D eigenvalue weighted by atomic mass is 16.5. The Balaban J connectivity index is 1.66. The van der Waals surface area contributed by atoms with Crippen LogP contribution in [0.4, 0.5) is 5.69 Å². The summed E-state index contributed by atoms with van der Waals surface area (Å²) >= 11 is 0. The summed E-state index contributed by atoms with van der Waals surface area (Å²) < 4.78 is 12.3. The summed E-state index contributed by atoms with van der Waals surface area (Å²) in [4.78, 5) is 29.2. The van der Waals surface area contributed by atoms with Gasteiger partial charge in [-0.1, -0.05) is 61.0 Å². The molecule has 0 saturated heterocycles. The minimum atomic E-state index is -0.759. The first-order valence-corrected chi connectivity index (χ1v) is 12.5. The fourth-order valence-corrected chi connectivity index (χ4v) is 4.40. The number of rotatable bonds is 10. The van der Waals surface area contributed by atoms with Crippen LogP contribution >= 0.6 is 0 Å². The standard InChI is InChI=1S/C29H33N5O4/c1-19(2)28(29(36)30-24-15-14-22(37-4)16-26(24)38-5)33(17-21-12-10-20(3)11-13-21)27(35)18-34-25-9-7-6-8-23(25)31-32-34/h6-16,19,28H,17-18H2,1-5H3,(H,30,36)/t28-/m1/s1. The number of carbonyl (C=O) groups is 2. The number of nitrogens with zero attached hydrogens (tertiary/aromatic N) is 4. The number of anilines is 1. The Morgan fingerprint density at radius 1 is 1.00 bits per heavy atom. The largest absolute Gasteiger partial charge is 0.497 e. The molecule has 1 atom stereocenters. The summed E-state index contributed by atoms with van der Waals surface area (Å²) in [5.41, 5.74) is 3.99. The highest BCUT2D eigenvalue weighted by molar-refractivity contribution is 5.98. The molecule has 9 heteroatoms. The molecule has 0 bridgehead atoms. The first-order valence-electron chi connectivity index (χ1n) is 12.5. The molecule has 0 aliphatic carbocycles. The van der Waals surface area contributed by atoms with E-state index in [1.807, 2.05) is 69.3 Å². The number of nitrogens with one attached hydrogen (secondary N) is 1. The molecule has 1 aromatic heterocycles. The second-order valence-corrected chi connectivity index (χ2v) is 9.49. The number of benzene rings is 3. The Hall–Kier alpha value is -4.40. The van der Waals surface area contributed by atoms with E-state index in [-0.39, 0.29) is 30.8 Å². The molecule has 4 aromatic rings. The monoisotopic (exact) mass is 515 g/mol. The Morgan fingerprint density at radius 3 is 2.42 bits per heavy atom. The van der Waals surface area contributed by atoms with Crippen molar-refractivity contribution in [1.29, 1.82) is 0 Å². The lowest BCUT2D eigenvalue weighted by atomic mass is 9.99. The molecule has 0 fully saturated rings. The van der Waals surface area contributed by atoms with Crippen LogP contribution < -0.4 is 14.8 Å². The SMILES string of the molecule is COc1ccc(NC(=O)[C@@H](C(C)C)N(Cc2ccc(C)cc2)C(=O)Cn2nnc3ccccc32)c(OC)c1. The fourth-order valence-electron chi connectivity index (χ4n) is 4.40. The van der Waals surface area contributed by atoms with Gasteiger partial charge in [0.05, 0.1) is 25.4 Å². The number of hydrogen-bond acceptors (Lipinski definition) is 6. The molecule has 0 spiro atoms. The van der Waals surface area contributed by atoms with Crippen LogP contribution in [0.1, 0.15) is 25.0 Å². The molecule has 0 saturated carbocycles. The third-order valence-electron chi connectivity index (χ3n) is 6.40. The second kappa shape index (κ2) is 11.8. The van der Waals surface area contributed by atoms with Crippen LogP contribution in [0.25, 0.3) is 11.0 Å². The van der Waals surface area contributed by atoms with Gasteiger partial charge in [-0.15, -0.1) is 5.10 Å². The lowest BCUT2D eigenvalue weighted by Crippen LogP contribution is -2.50. The number of ether oxygens (including phenoxy) is 2. The van der Waals surface area contributed by atoms with E-state index in [2.05, 4.69) is 15.6 Å². The van der Waals surface area contributed by atoms with Crippen molar-refractivity contribution in [2.75, 3.05) is 19.5 Å². The van der Waals surface area contributed by atoms with Crippen molar-refractivity contribution in [1.82, 2.24) is 19.9 Å². The number of amides is 2. The average molecular weight is 516 g/mol. The molecule has 0 aliphatic heterocycles. The molecule has 1 heterocycles. The van der Waals surface area contributed by atoms with Gasteiger partial charge in [0.2, 0.25) is 11.8 Å². The smallest absolute Gasteiger partial charge is 0.247 e. The molecule has 4 rings (SSSR count). The maximum atomic E-state index is 13.9. The molecule has 1 N–H and O–H groups in total. The lowest BCUT2D eigenvalue weighted by molar-refractivity contribution is -0.141. The van der Waals surface area contributed by atoms with Crippen LogP contribution in [-0.2, 0) is 22.7 Å². The molecule has 38 heavy (non-hydrogen) atoms. The lowest BCUT2D eigenvalue weighted by Gasteiger charge is -2.34. The average Bonchev–Trinajstić information content (AvgIpc) is 3.32. The Kier molecular flexibility index (Phi) is 8.25. The molecular weight excluding hydrogens is 482 g/mol. The van der Waals surface area contributed by atoms with Gasteiger partial charge in [0.25, 0.3) is 0 Å². The highest BCUT2D eigenvalue weighted by Crippen LogP contribution is 2.30. The predicted molar refractivity (Wildman–Crippen MR) is 146 cm³/mol. The summed E-state index contributed by atoms with van der Waals surface area (Å²) in [5, 5.41) is 11.3. The van der Waals surface area contributed by atoms with Gasteiger partial charge in [-0.3, -0.25) is 9.59 Å². The molecule has 0 radical (unpaired) electrons. The van der Waals surface area contributed by atoms with E-state index in [1.54, 1.807) is 34.9 Å². The van der Waals surface area contributed by atoms with Gasteiger partial charge in [-0.05, 0) is 42.7 Å². The quantitative estimate of drug-likeness (QED) is 0.335. The van der Waals surface area contributed by atoms with Crippen molar-refractivity contribution in [3.8, 4) is 11.5 Å². The summed E-state index contributed by atoms with van der Waals surface area (Å²) in [6.45, 7) is 6.08. The zero-order chi connectivity index (χ0) is 27.2. The number of aryl methyl sites for hydroxylation is 1. The van der Waals surface area contributed by atoms with Crippen LogP contribution in [0.15, 0.2) is 66.7 Å². The van der Waals surface area contributed by atoms with Gasteiger partial charge in [0.15, 0.2) is 0 Å². The Bertz CT molecular complexity index is 1410. The topological polar surface area (TPSA) is 98.6 Å². The van der Waals surface area contributed by atoms with Crippen LogP contribution in [0.3, 0.4) is 0 Å². The normalized spacial score (nSPS) is 11.8. The Morgan fingerprint density at radius 2 is 1.74 bits per heavy atom. The first kappa shape index (κ1) is 26.7. The highest BCUT2D eigenvalue weighted by Gasteiger charge is 2.33. The number of methoxy groups -OCH3 is 2. The van der Waals surface area contributed by atoms with Crippen molar-refractivity contribution in [2.45, 2.75) is 39.9 Å². The van der Waals surface area contributed by atoms with Gasteiger partial charge in [0, 0.05) is 12.6 Å². The van der Waals surface area contributed by atoms with E-state index in [0.717, 1.165) is 16.6 Å². The summed E-state index contributed by atoms with van der Waals surface area (Å²) in [7, 11) is 3.09. The number of para-hydroxylation sites is 1. The van der Waals surface area contributed by atoms with Gasteiger partial charge < -0.3 is 19.7 Å². The van der Waals surface area contributed by atoms with Crippen LogP contribution in [-0.4, -0.2) is 52.0 Å². The van der Waals surface area contributed by atoms with Crippen molar-refractivity contribution >= 4 is 28.5 Å². The van der Waals surface area contributed by atoms with E-state index < -0.39 is 6.04 Å². The number of carbonyl (C=O) groups excluding carboxylic acids is 2. The molecule has 3 aromatic carbocycles. The van der Waals surface area contributed by atoms with E-state index in [4.69, 9.17) is 9.47 Å². The van der Waals surface area contributed by atoms with Crippen molar-refractivity contribution in [3.63, 3.8) is 0 Å². The Labute approximate surface area is 222 Å². The first-order chi connectivity index (χ1) is 18.3. The maximum Gasteiger partial charge on any atom is 0.247 e.